The second-order valence-electron chi connectivity index (χ2n) is 9.72. The van der Waals surface area contributed by atoms with Crippen molar-refractivity contribution >= 4 is 17.8 Å². The molecule has 2 amide bonds. The normalized spacial score (nSPS) is 19.6. The topological polar surface area (TPSA) is 76.7 Å². The summed E-state index contributed by atoms with van der Waals surface area (Å²) >= 11 is 0. The molecule has 0 aromatic heterocycles. The van der Waals surface area contributed by atoms with Gasteiger partial charge >= 0.3 is 18.4 Å². The van der Waals surface area contributed by atoms with E-state index in [0.29, 0.717) is 5.57 Å². The molecule has 9 heteroatoms. The number of carbonyl (C=O) groups is 2. The summed E-state index contributed by atoms with van der Waals surface area (Å²) in [6, 6.07) is 4.02. The summed E-state index contributed by atoms with van der Waals surface area (Å²) in [5.41, 5.74) is -1.75. The van der Waals surface area contributed by atoms with Gasteiger partial charge in [-0.2, -0.15) is 13.2 Å². The fourth-order valence-corrected chi connectivity index (χ4v) is 3.36. The molecular formula is C23H31F3N2O4. The molecule has 2 N–H and O–H groups in total. The number of alkyl carbamates (subject to hydrolysis) is 2. The first kappa shape index (κ1) is 25.5. The Morgan fingerprint density at radius 1 is 0.875 bits per heavy atom. The van der Waals surface area contributed by atoms with Crippen LogP contribution >= 0.6 is 0 Å². The summed E-state index contributed by atoms with van der Waals surface area (Å²) in [6.45, 7) is 10.3. The highest BCUT2D eigenvalue weighted by Crippen LogP contribution is 2.38. The van der Waals surface area contributed by atoms with Crippen LogP contribution in [0.1, 0.15) is 65.5 Å². The second-order valence-corrected chi connectivity index (χ2v) is 9.72. The van der Waals surface area contributed by atoms with E-state index in [9.17, 15) is 22.8 Å². The maximum Gasteiger partial charge on any atom is 0.416 e. The monoisotopic (exact) mass is 456 g/mol. The quantitative estimate of drug-likeness (QED) is 0.615. The third-order valence-electron chi connectivity index (χ3n) is 4.53. The molecule has 1 aliphatic carbocycles. The molecule has 6 nitrogen and oxygen atoms in total. The molecule has 0 bridgehead atoms. The Morgan fingerprint density at radius 2 is 1.38 bits per heavy atom. The highest BCUT2D eigenvalue weighted by atomic mass is 19.4. The van der Waals surface area contributed by atoms with Gasteiger partial charge in [0.25, 0.3) is 0 Å². The van der Waals surface area contributed by atoms with Crippen LogP contribution < -0.4 is 10.6 Å². The third kappa shape index (κ3) is 7.76. The van der Waals surface area contributed by atoms with Gasteiger partial charge in [-0.05, 0) is 71.6 Å². The summed E-state index contributed by atoms with van der Waals surface area (Å²) in [5.74, 6) is 0. The summed E-state index contributed by atoms with van der Waals surface area (Å²) in [4.78, 5) is 24.7. The predicted octanol–water partition coefficient (Wildman–Crippen LogP) is 5.67. The van der Waals surface area contributed by atoms with E-state index < -0.39 is 47.2 Å². The number of hydrogen-bond donors (Lipinski definition) is 2. The van der Waals surface area contributed by atoms with Crippen molar-refractivity contribution in [2.45, 2.75) is 83.8 Å². The van der Waals surface area contributed by atoms with Crippen molar-refractivity contribution in [3.05, 3.63) is 41.5 Å². The maximum absolute atomic E-state index is 13.5. The van der Waals surface area contributed by atoms with Gasteiger partial charge in [-0.15, -0.1) is 0 Å². The molecule has 178 valence electrons. The van der Waals surface area contributed by atoms with Crippen molar-refractivity contribution in [1.29, 1.82) is 0 Å². The van der Waals surface area contributed by atoms with E-state index in [0.717, 1.165) is 6.07 Å². The lowest BCUT2D eigenvalue weighted by Gasteiger charge is -2.34. The Kier molecular flexibility index (Phi) is 7.52. The van der Waals surface area contributed by atoms with Crippen LogP contribution in [0.15, 0.2) is 30.3 Å². The van der Waals surface area contributed by atoms with Crippen LogP contribution in [0.5, 0.6) is 0 Å². The van der Waals surface area contributed by atoms with Gasteiger partial charge in [-0.25, -0.2) is 9.59 Å². The fraction of sp³-hybridized carbons (Fsp3) is 0.565. The van der Waals surface area contributed by atoms with Crippen molar-refractivity contribution in [2.24, 2.45) is 0 Å². The third-order valence-corrected chi connectivity index (χ3v) is 4.53. The Labute approximate surface area is 186 Å². The highest BCUT2D eigenvalue weighted by molar-refractivity contribution is 5.74. The summed E-state index contributed by atoms with van der Waals surface area (Å²) < 4.78 is 51.1. The van der Waals surface area contributed by atoms with Crippen molar-refractivity contribution in [3.63, 3.8) is 0 Å². The number of amides is 2. The number of alkyl halides is 3. The maximum atomic E-state index is 13.5. The zero-order valence-electron chi connectivity index (χ0n) is 19.2. The smallest absolute Gasteiger partial charge is 0.416 e. The van der Waals surface area contributed by atoms with Gasteiger partial charge in [0, 0.05) is 0 Å². The van der Waals surface area contributed by atoms with Crippen LogP contribution in [-0.4, -0.2) is 35.5 Å². The van der Waals surface area contributed by atoms with Gasteiger partial charge in [0.1, 0.15) is 11.2 Å². The standard InChI is InChI=1S/C23H31F3N2O4/c1-21(2,3)31-19(29)27-17-12-11-14(13-18(17)28-20(30)32-22(4,5)6)15-9-7-8-10-16(15)23(24,25)26/h7-11,17-18H,12-13H2,1-6H3,(H,27,29)(H,28,30)/t17-,18-/m0/s1. The zero-order valence-corrected chi connectivity index (χ0v) is 19.2. The van der Waals surface area contributed by atoms with Crippen LogP contribution in [0.25, 0.3) is 5.57 Å². The molecule has 1 aromatic carbocycles. The molecule has 0 saturated heterocycles. The molecule has 0 unspecified atom stereocenters. The Hall–Kier alpha value is -2.71. The lowest BCUT2D eigenvalue weighted by Crippen LogP contribution is -2.54. The van der Waals surface area contributed by atoms with E-state index in [2.05, 4.69) is 10.6 Å². The van der Waals surface area contributed by atoms with Crippen LogP contribution in [0.3, 0.4) is 0 Å². The number of rotatable bonds is 3. The van der Waals surface area contributed by atoms with Gasteiger partial charge in [0.05, 0.1) is 17.6 Å². The average Bonchev–Trinajstić information content (AvgIpc) is 2.59. The molecule has 1 aromatic rings. The second kappa shape index (κ2) is 9.42. The number of nitrogens with one attached hydrogen (secondary N) is 2. The Balaban J connectivity index is 2.30. The van der Waals surface area contributed by atoms with E-state index >= 15 is 0 Å². The average molecular weight is 457 g/mol. The van der Waals surface area contributed by atoms with Gasteiger partial charge < -0.3 is 20.1 Å². The zero-order chi connectivity index (χ0) is 24.3. The van der Waals surface area contributed by atoms with Crippen molar-refractivity contribution in [2.75, 3.05) is 0 Å². The highest BCUT2D eigenvalue weighted by Gasteiger charge is 2.37. The summed E-state index contributed by atoms with van der Waals surface area (Å²) in [5, 5.41) is 5.41. The van der Waals surface area contributed by atoms with Gasteiger partial charge in [0.15, 0.2) is 0 Å². The van der Waals surface area contributed by atoms with Crippen LogP contribution in [-0.2, 0) is 15.7 Å². The van der Waals surface area contributed by atoms with Crippen LogP contribution in [0.2, 0.25) is 0 Å². The van der Waals surface area contributed by atoms with E-state index in [1.54, 1.807) is 47.6 Å². The molecule has 0 spiro atoms. The summed E-state index contributed by atoms with van der Waals surface area (Å²) in [6.07, 6.45) is -3.97. The minimum absolute atomic E-state index is 0.0479. The lowest BCUT2D eigenvalue weighted by molar-refractivity contribution is -0.137. The van der Waals surface area contributed by atoms with Crippen molar-refractivity contribution < 1.29 is 32.2 Å². The van der Waals surface area contributed by atoms with E-state index in [1.807, 2.05) is 0 Å². The SMILES string of the molecule is CC(C)(C)OC(=O)N[C@H]1CC=C(c2ccccc2C(F)(F)F)C[C@@H]1NC(=O)OC(C)(C)C. The first-order chi connectivity index (χ1) is 14.5. The van der Waals surface area contributed by atoms with Gasteiger partial charge in [-0.3, -0.25) is 0 Å². The Bertz CT molecular complexity index is 867. The molecular weight excluding hydrogens is 425 g/mol. The van der Waals surface area contributed by atoms with Crippen molar-refractivity contribution in [3.8, 4) is 0 Å². The first-order valence-electron chi connectivity index (χ1n) is 10.4. The van der Waals surface area contributed by atoms with E-state index in [1.165, 1.54) is 18.2 Å². The van der Waals surface area contributed by atoms with E-state index in [-0.39, 0.29) is 18.4 Å². The molecule has 0 radical (unpaired) electrons. The molecule has 32 heavy (non-hydrogen) atoms. The molecule has 2 atom stereocenters. The number of benzene rings is 1. The van der Waals surface area contributed by atoms with Crippen LogP contribution in [0, 0.1) is 0 Å². The molecule has 2 rings (SSSR count). The van der Waals surface area contributed by atoms with Crippen molar-refractivity contribution in [1.82, 2.24) is 10.6 Å². The molecule has 0 aliphatic heterocycles. The molecule has 0 heterocycles. The molecule has 1 aliphatic rings. The Morgan fingerprint density at radius 3 is 1.88 bits per heavy atom. The lowest BCUT2D eigenvalue weighted by atomic mass is 9.85. The molecule has 0 saturated carbocycles. The first-order valence-corrected chi connectivity index (χ1v) is 10.4. The minimum Gasteiger partial charge on any atom is -0.444 e. The minimum atomic E-state index is -4.52. The predicted molar refractivity (Wildman–Crippen MR) is 115 cm³/mol. The fourth-order valence-electron chi connectivity index (χ4n) is 3.36. The van der Waals surface area contributed by atoms with Gasteiger partial charge in [0.2, 0.25) is 0 Å². The number of hydrogen-bond acceptors (Lipinski definition) is 4. The number of carbonyl (C=O) groups excluding carboxylic acids is 2. The largest absolute Gasteiger partial charge is 0.444 e. The summed E-state index contributed by atoms with van der Waals surface area (Å²) in [7, 11) is 0. The van der Waals surface area contributed by atoms with Gasteiger partial charge in [-0.1, -0.05) is 24.3 Å². The van der Waals surface area contributed by atoms with E-state index in [4.69, 9.17) is 9.47 Å². The van der Waals surface area contributed by atoms with Crippen LogP contribution in [0.4, 0.5) is 22.8 Å². The molecule has 0 fully saturated rings. The number of halogens is 3. The number of ether oxygens (including phenoxy) is 2.